The highest BCUT2D eigenvalue weighted by atomic mass is 79.9. The molecule has 0 saturated heterocycles. The summed E-state index contributed by atoms with van der Waals surface area (Å²) in [5.74, 6) is 0.105. The number of allylic oxidation sites excluding steroid dienone is 1. The molecule has 4 aromatic rings. The molecule has 0 aliphatic rings. The highest BCUT2D eigenvalue weighted by Crippen LogP contribution is 2.24. The molecule has 1 N–H and O–H groups in total. The molecule has 0 atom stereocenters. The number of aromatic hydroxyl groups is 1. The third-order valence-corrected chi connectivity index (χ3v) is 6.25. The smallest absolute Gasteiger partial charge is 0.345 e. The number of rotatable bonds is 5. The molecule has 31 heavy (non-hydrogen) atoms. The van der Waals surface area contributed by atoms with Crippen LogP contribution in [0.1, 0.15) is 5.56 Å². The van der Waals surface area contributed by atoms with E-state index in [0.717, 1.165) is 14.3 Å². The number of phenols is 1. The molecule has 9 heteroatoms. The van der Waals surface area contributed by atoms with Crippen molar-refractivity contribution in [1.82, 2.24) is 4.57 Å². The van der Waals surface area contributed by atoms with Crippen molar-refractivity contribution in [1.29, 1.82) is 0 Å². The zero-order valence-electron chi connectivity index (χ0n) is 16.0. The van der Waals surface area contributed by atoms with Gasteiger partial charge in [0, 0.05) is 31.8 Å². The van der Waals surface area contributed by atoms with E-state index in [4.69, 9.17) is 4.42 Å². The number of fused-ring (bicyclic) bond motifs is 1. The minimum atomic E-state index is -0.431. The Kier molecular flexibility index (Phi) is 6.35. The summed E-state index contributed by atoms with van der Waals surface area (Å²) in [4.78, 5) is 13.2. The Morgan fingerprint density at radius 1 is 1.16 bits per heavy atom. The summed E-state index contributed by atoms with van der Waals surface area (Å²) in [6.45, 7) is 4.24. The van der Waals surface area contributed by atoms with Crippen LogP contribution in [0, 0.1) is 0 Å². The van der Waals surface area contributed by atoms with Crippen LogP contribution in [0.5, 0.6) is 5.75 Å². The highest BCUT2D eigenvalue weighted by Gasteiger charge is 2.14. The summed E-state index contributed by atoms with van der Waals surface area (Å²) >= 11 is 8.15. The lowest BCUT2D eigenvalue weighted by Gasteiger charge is -2.06. The summed E-state index contributed by atoms with van der Waals surface area (Å²) < 4.78 is 9.06. The Morgan fingerprint density at radius 2 is 1.94 bits per heavy atom. The minimum Gasteiger partial charge on any atom is -0.507 e. The van der Waals surface area contributed by atoms with Crippen molar-refractivity contribution in [3.8, 4) is 17.0 Å². The normalized spacial score (nSPS) is 12.1. The van der Waals surface area contributed by atoms with Gasteiger partial charge < -0.3 is 14.1 Å². The van der Waals surface area contributed by atoms with Crippen LogP contribution in [0.3, 0.4) is 0 Å². The fraction of sp³-hybridized carbons (Fsp3) is 0.0455. The molecule has 0 spiro atoms. The standard InChI is InChI=1S/C22H15Br2N3O3S/c1-2-7-27-18(17-10-13-8-16(24)4-6-20(13)30-21(17)29)12-31-22(27)26-25-11-14-9-15(23)3-5-19(14)28/h2-6,8-12,28H,1,7H2/b25-11+,26-22+. The van der Waals surface area contributed by atoms with Crippen LogP contribution in [-0.4, -0.2) is 15.9 Å². The number of hydrogen-bond donors (Lipinski definition) is 1. The van der Waals surface area contributed by atoms with Gasteiger partial charge in [-0.15, -0.1) is 23.0 Å². The van der Waals surface area contributed by atoms with E-state index in [9.17, 15) is 9.90 Å². The minimum absolute atomic E-state index is 0.105. The fourth-order valence-corrected chi connectivity index (χ4v) is 4.60. The van der Waals surface area contributed by atoms with Crippen LogP contribution in [-0.2, 0) is 6.54 Å². The number of nitrogens with zero attached hydrogens (tertiary/aromatic N) is 3. The van der Waals surface area contributed by atoms with Crippen LogP contribution >= 0.6 is 43.2 Å². The number of aromatic nitrogens is 1. The predicted octanol–water partition coefficient (Wildman–Crippen LogP) is 5.67. The quantitative estimate of drug-likeness (QED) is 0.148. The fourth-order valence-electron chi connectivity index (χ4n) is 2.97. The summed E-state index contributed by atoms with van der Waals surface area (Å²) in [5.41, 5.74) is 1.72. The second-order valence-electron chi connectivity index (χ2n) is 6.48. The SMILES string of the molecule is C=CCn1c(-c2cc3cc(Br)ccc3oc2=O)cs/c1=N/N=C/c1cc(Br)ccc1O. The molecular weight excluding hydrogens is 546 g/mol. The molecule has 0 radical (unpaired) electrons. The van der Waals surface area contributed by atoms with Crippen molar-refractivity contribution >= 4 is 60.4 Å². The number of thiazole rings is 1. The molecule has 0 aliphatic heterocycles. The highest BCUT2D eigenvalue weighted by molar-refractivity contribution is 9.10. The van der Waals surface area contributed by atoms with Crippen LogP contribution in [0.2, 0.25) is 0 Å². The number of benzene rings is 2. The van der Waals surface area contributed by atoms with Gasteiger partial charge in [0.15, 0.2) is 0 Å². The molecule has 0 aliphatic carbocycles. The summed E-state index contributed by atoms with van der Waals surface area (Å²) in [5, 5.41) is 21.0. The summed E-state index contributed by atoms with van der Waals surface area (Å²) in [6, 6.07) is 12.3. The number of hydrogen-bond acceptors (Lipinski definition) is 6. The van der Waals surface area contributed by atoms with Gasteiger partial charge in [-0.2, -0.15) is 5.10 Å². The maximum Gasteiger partial charge on any atom is 0.345 e. The Labute approximate surface area is 197 Å². The van der Waals surface area contributed by atoms with Crippen molar-refractivity contribution in [2.24, 2.45) is 10.2 Å². The first kappa shape index (κ1) is 21.5. The monoisotopic (exact) mass is 559 g/mol. The van der Waals surface area contributed by atoms with Crippen LogP contribution < -0.4 is 10.4 Å². The van der Waals surface area contributed by atoms with Gasteiger partial charge in [-0.1, -0.05) is 37.9 Å². The maximum atomic E-state index is 12.6. The maximum absolute atomic E-state index is 12.6. The van der Waals surface area contributed by atoms with Crippen molar-refractivity contribution in [3.05, 3.63) is 90.2 Å². The molecule has 4 rings (SSSR count). The Bertz CT molecular complexity index is 1450. The number of phenolic OH excluding ortho intramolecular Hbond substituents is 1. The van der Waals surface area contributed by atoms with Crippen molar-refractivity contribution in [3.63, 3.8) is 0 Å². The van der Waals surface area contributed by atoms with Gasteiger partial charge in [0.1, 0.15) is 11.3 Å². The van der Waals surface area contributed by atoms with E-state index in [2.05, 4.69) is 48.6 Å². The first-order chi connectivity index (χ1) is 15.0. The topological polar surface area (TPSA) is 80.1 Å². The zero-order chi connectivity index (χ0) is 22.0. The van der Waals surface area contributed by atoms with E-state index in [0.29, 0.717) is 33.8 Å². The number of halogens is 2. The van der Waals surface area contributed by atoms with Gasteiger partial charge in [0.25, 0.3) is 0 Å². The predicted molar refractivity (Wildman–Crippen MR) is 131 cm³/mol. The first-order valence-electron chi connectivity index (χ1n) is 9.05. The summed E-state index contributed by atoms with van der Waals surface area (Å²) in [7, 11) is 0. The summed E-state index contributed by atoms with van der Waals surface area (Å²) in [6.07, 6.45) is 3.19. The van der Waals surface area contributed by atoms with Crippen LogP contribution in [0.4, 0.5) is 0 Å². The van der Waals surface area contributed by atoms with Gasteiger partial charge in [-0.05, 0) is 42.5 Å². The molecule has 0 saturated carbocycles. The molecule has 0 fully saturated rings. The average molecular weight is 561 g/mol. The van der Waals surface area contributed by atoms with Gasteiger partial charge in [-0.3, -0.25) is 0 Å². The van der Waals surface area contributed by atoms with E-state index < -0.39 is 5.63 Å². The van der Waals surface area contributed by atoms with Crippen molar-refractivity contribution in [2.45, 2.75) is 6.54 Å². The lowest BCUT2D eigenvalue weighted by atomic mass is 10.1. The third kappa shape index (κ3) is 4.63. The van der Waals surface area contributed by atoms with Crippen LogP contribution in [0.25, 0.3) is 22.2 Å². The Hall–Kier alpha value is -2.75. The zero-order valence-corrected chi connectivity index (χ0v) is 19.9. The molecular formula is C22H15Br2N3O3S. The van der Waals surface area contributed by atoms with Crippen LogP contribution in [0.15, 0.2) is 88.9 Å². The van der Waals surface area contributed by atoms with Gasteiger partial charge in [-0.25, -0.2) is 4.79 Å². The molecule has 2 aromatic heterocycles. The second kappa shape index (κ2) is 9.17. The molecule has 0 bridgehead atoms. The van der Waals surface area contributed by atoms with E-state index in [-0.39, 0.29) is 5.75 Å². The lowest BCUT2D eigenvalue weighted by molar-refractivity contribution is 0.474. The molecule has 156 valence electrons. The van der Waals surface area contributed by atoms with E-state index in [1.165, 1.54) is 17.6 Å². The molecule has 6 nitrogen and oxygen atoms in total. The lowest BCUT2D eigenvalue weighted by Crippen LogP contribution is -2.17. The first-order valence-corrected chi connectivity index (χ1v) is 11.5. The second-order valence-corrected chi connectivity index (χ2v) is 9.15. The van der Waals surface area contributed by atoms with Gasteiger partial charge >= 0.3 is 5.63 Å². The average Bonchev–Trinajstić information content (AvgIpc) is 3.13. The Balaban J connectivity index is 1.80. The van der Waals surface area contributed by atoms with Crippen molar-refractivity contribution < 1.29 is 9.52 Å². The molecule has 0 unspecified atom stereocenters. The van der Waals surface area contributed by atoms with Gasteiger partial charge in [0.05, 0.1) is 17.5 Å². The third-order valence-electron chi connectivity index (χ3n) is 4.41. The van der Waals surface area contributed by atoms with Gasteiger partial charge in [0.2, 0.25) is 4.80 Å². The molecule has 2 aromatic carbocycles. The largest absolute Gasteiger partial charge is 0.507 e. The molecule has 2 heterocycles. The van der Waals surface area contributed by atoms with E-state index >= 15 is 0 Å². The van der Waals surface area contributed by atoms with E-state index in [1.807, 2.05) is 22.1 Å². The Morgan fingerprint density at radius 3 is 2.74 bits per heavy atom. The molecule has 0 amide bonds. The van der Waals surface area contributed by atoms with Crippen molar-refractivity contribution in [2.75, 3.05) is 0 Å². The van der Waals surface area contributed by atoms with E-state index in [1.54, 1.807) is 36.4 Å².